The number of nitrogens with one attached hydrogen (secondary N) is 1. The molecule has 0 bridgehead atoms. The second-order valence-corrected chi connectivity index (χ2v) is 7.67. The molecule has 27 heavy (non-hydrogen) atoms. The van der Waals surface area contributed by atoms with E-state index in [1.165, 1.54) is 11.8 Å². The zero-order chi connectivity index (χ0) is 20.0. The number of carbonyl (C=O) groups excluding carboxylic acids is 1. The normalized spacial score (nSPS) is 13.5. The van der Waals surface area contributed by atoms with Gasteiger partial charge in [0.25, 0.3) is 5.56 Å². The molecule has 146 valence electrons. The Balaban J connectivity index is 2.37. The Morgan fingerprint density at radius 1 is 1.30 bits per heavy atom. The predicted molar refractivity (Wildman–Crippen MR) is 105 cm³/mol. The molecule has 0 aliphatic carbocycles. The fraction of sp³-hybridized carbons (Fsp3) is 0.500. The van der Waals surface area contributed by atoms with Crippen molar-refractivity contribution in [1.29, 1.82) is 0 Å². The lowest BCUT2D eigenvalue weighted by molar-refractivity contribution is -0.142. The van der Waals surface area contributed by atoms with Gasteiger partial charge >= 0.3 is 5.97 Å². The highest BCUT2D eigenvalue weighted by molar-refractivity contribution is 7.98. The maximum absolute atomic E-state index is 12.8. The van der Waals surface area contributed by atoms with Crippen LogP contribution in [0, 0.1) is 5.92 Å². The first kappa shape index (κ1) is 20.9. The lowest BCUT2D eigenvalue weighted by Crippen LogP contribution is -2.47. The number of amides is 1. The van der Waals surface area contributed by atoms with E-state index >= 15 is 0 Å². The standard InChI is InChI=1S/C18H24N4O4S/c1-11(2)10-15(16(23)19-14(18(25)26)8-9-27-3)22-17(24)12-6-4-5-7-13(12)20-21-22/h4-7,11,14-15H,8-10H2,1-3H3,(H,19,23)(H,25,26)/t14-,15-/m0/s1. The first-order valence-electron chi connectivity index (χ1n) is 8.71. The summed E-state index contributed by atoms with van der Waals surface area (Å²) in [4.78, 5) is 37.1. The second kappa shape index (κ2) is 9.50. The van der Waals surface area contributed by atoms with E-state index in [1.807, 2.05) is 20.1 Å². The van der Waals surface area contributed by atoms with Crippen LogP contribution in [0.1, 0.15) is 32.7 Å². The van der Waals surface area contributed by atoms with Gasteiger partial charge in [0.1, 0.15) is 17.6 Å². The minimum Gasteiger partial charge on any atom is -0.480 e. The zero-order valence-electron chi connectivity index (χ0n) is 15.6. The summed E-state index contributed by atoms with van der Waals surface area (Å²) in [5, 5.41) is 20.2. The quantitative estimate of drug-likeness (QED) is 0.667. The van der Waals surface area contributed by atoms with Crippen LogP contribution in [0.15, 0.2) is 29.1 Å². The van der Waals surface area contributed by atoms with Crippen LogP contribution in [0.2, 0.25) is 0 Å². The van der Waals surface area contributed by atoms with Crippen molar-refractivity contribution >= 4 is 34.5 Å². The number of carboxylic acids is 1. The Hall–Kier alpha value is -2.42. The van der Waals surface area contributed by atoms with Gasteiger partial charge in [-0.2, -0.15) is 16.4 Å². The Labute approximate surface area is 161 Å². The Morgan fingerprint density at radius 2 is 2.00 bits per heavy atom. The van der Waals surface area contributed by atoms with E-state index in [0.717, 1.165) is 4.68 Å². The van der Waals surface area contributed by atoms with E-state index in [2.05, 4.69) is 15.6 Å². The summed E-state index contributed by atoms with van der Waals surface area (Å²) in [6, 6.07) is 4.84. The van der Waals surface area contributed by atoms with Crippen LogP contribution >= 0.6 is 11.8 Å². The van der Waals surface area contributed by atoms with Gasteiger partial charge in [0.05, 0.1) is 5.39 Å². The number of benzene rings is 1. The molecule has 1 amide bonds. The summed E-state index contributed by atoms with van der Waals surface area (Å²) < 4.78 is 1.06. The third-order valence-electron chi connectivity index (χ3n) is 4.11. The molecular weight excluding hydrogens is 368 g/mol. The molecule has 2 rings (SSSR count). The van der Waals surface area contributed by atoms with Crippen molar-refractivity contribution in [2.24, 2.45) is 5.92 Å². The maximum atomic E-state index is 12.8. The van der Waals surface area contributed by atoms with Crippen LogP contribution in [0.3, 0.4) is 0 Å². The molecular formula is C18H24N4O4S. The number of hydrogen-bond donors (Lipinski definition) is 2. The van der Waals surface area contributed by atoms with Gasteiger partial charge in [0, 0.05) is 0 Å². The molecule has 2 N–H and O–H groups in total. The summed E-state index contributed by atoms with van der Waals surface area (Å²) in [6.45, 7) is 3.84. The monoisotopic (exact) mass is 392 g/mol. The number of fused-ring (bicyclic) bond motifs is 1. The van der Waals surface area contributed by atoms with Crippen LogP contribution < -0.4 is 10.9 Å². The van der Waals surface area contributed by atoms with E-state index in [-0.39, 0.29) is 5.92 Å². The van der Waals surface area contributed by atoms with Crippen molar-refractivity contribution in [3.63, 3.8) is 0 Å². The van der Waals surface area contributed by atoms with Crippen LogP contribution in [0.5, 0.6) is 0 Å². The summed E-state index contributed by atoms with van der Waals surface area (Å²) >= 11 is 1.50. The molecule has 0 aliphatic heterocycles. The topological polar surface area (TPSA) is 114 Å². The van der Waals surface area contributed by atoms with Gasteiger partial charge < -0.3 is 10.4 Å². The number of carbonyl (C=O) groups is 2. The molecule has 8 nitrogen and oxygen atoms in total. The number of thioether (sulfide) groups is 1. The van der Waals surface area contributed by atoms with Crippen molar-refractivity contribution in [3.8, 4) is 0 Å². The lowest BCUT2D eigenvalue weighted by Gasteiger charge is -2.22. The van der Waals surface area contributed by atoms with E-state index in [9.17, 15) is 19.5 Å². The molecule has 0 saturated carbocycles. The summed E-state index contributed by atoms with van der Waals surface area (Å²) in [5.74, 6) is -0.945. The number of aromatic nitrogens is 3. The minimum absolute atomic E-state index is 0.0930. The van der Waals surface area contributed by atoms with Crippen LogP contribution in [0.25, 0.3) is 10.9 Å². The van der Waals surface area contributed by atoms with Crippen molar-refractivity contribution in [1.82, 2.24) is 20.3 Å². The molecule has 1 aromatic heterocycles. The number of nitrogens with zero attached hydrogens (tertiary/aromatic N) is 3. The van der Waals surface area contributed by atoms with Crippen molar-refractivity contribution in [2.75, 3.05) is 12.0 Å². The first-order chi connectivity index (χ1) is 12.8. The maximum Gasteiger partial charge on any atom is 0.326 e. The lowest BCUT2D eigenvalue weighted by atomic mass is 10.0. The number of aliphatic carboxylic acids is 1. The summed E-state index contributed by atoms with van der Waals surface area (Å²) in [6.07, 6.45) is 2.51. The molecule has 0 fully saturated rings. The summed E-state index contributed by atoms with van der Waals surface area (Å²) in [7, 11) is 0. The number of carboxylic acid groups (broad SMARTS) is 1. The van der Waals surface area contributed by atoms with Gasteiger partial charge in [-0.15, -0.1) is 5.10 Å². The molecule has 2 aromatic rings. The van der Waals surface area contributed by atoms with Crippen LogP contribution in [-0.4, -0.2) is 50.0 Å². The van der Waals surface area contributed by atoms with E-state index < -0.39 is 29.5 Å². The fourth-order valence-corrected chi connectivity index (χ4v) is 3.20. The fourth-order valence-electron chi connectivity index (χ4n) is 2.73. The van der Waals surface area contributed by atoms with E-state index in [0.29, 0.717) is 29.5 Å². The van der Waals surface area contributed by atoms with Gasteiger partial charge in [-0.25, -0.2) is 4.79 Å². The molecule has 0 radical (unpaired) electrons. The molecule has 9 heteroatoms. The third kappa shape index (κ3) is 5.29. The highest BCUT2D eigenvalue weighted by Crippen LogP contribution is 2.17. The highest BCUT2D eigenvalue weighted by Gasteiger charge is 2.29. The van der Waals surface area contributed by atoms with Gasteiger partial charge in [-0.3, -0.25) is 9.59 Å². The highest BCUT2D eigenvalue weighted by atomic mass is 32.2. The Kier molecular flexibility index (Phi) is 7.35. The smallest absolute Gasteiger partial charge is 0.326 e. The van der Waals surface area contributed by atoms with Crippen molar-refractivity contribution in [2.45, 2.75) is 38.8 Å². The predicted octanol–water partition coefficient (Wildman–Crippen LogP) is 1.70. The minimum atomic E-state index is -1.10. The van der Waals surface area contributed by atoms with Crippen LogP contribution in [-0.2, 0) is 9.59 Å². The Bertz CT molecular complexity index is 868. The third-order valence-corrected chi connectivity index (χ3v) is 4.75. The second-order valence-electron chi connectivity index (χ2n) is 6.68. The number of rotatable bonds is 9. The van der Waals surface area contributed by atoms with Gasteiger partial charge in [0.2, 0.25) is 5.91 Å². The van der Waals surface area contributed by atoms with Gasteiger partial charge in [-0.05, 0) is 42.9 Å². The van der Waals surface area contributed by atoms with E-state index in [4.69, 9.17) is 0 Å². The molecule has 1 heterocycles. The zero-order valence-corrected chi connectivity index (χ0v) is 16.4. The SMILES string of the molecule is CSCC[C@H](NC(=O)[C@H](CC(C)C)n1nnc2ccccc2c1=O)C(=O)O. The first-order valence-corrected chi connectivity index (χ1v) is 10.1. The summed E-state index contributed by atoms with van der Waals surface area (Å²) in [5.41, 5.74) is 0.0308. The molecule has 2 atom stereocenters. The van der Waals surface area contributed by atoms with Gasteiger partial charge in [0.15, 0.2) is 0 Å². The van der Waals surface area contributed by atoms with Crippen LogP contribution in [0.4, 0.5) is 0 Å². The number of hydrogen-bond acceptors (Lipinski definition) is 6. The molecule has 1 aromatic carbocycles. The molecule has 0 saturated heterocycles. The molecule has 0 aliphatic rings. The average molecular weight is 392 g/mol. The Morgan fingerprint density at radius 3 is 2.63 bits per heavy atom. The van der Waals surface area contributed by atoms with Crippen molar-refractivity contribution < 1.29 is 14.7 Å². The van der Waals surface area contributed by atoms with E-state index in [1.54, 1.807) is 24.3 Å². The average Bonchev–Trinajstić information content (AvgIpc) is 2.63. The molecule has 0 unspecified atom stereocenters. The van der Waals surface area contributed by atoms with Crippen molar-refractivity contribution in [3.05, 3.63) is 34.6 Å². The van der Waals surface area contributed by atoms with Gasteiger partial charge in [-0.1, -0.05) is 31.2 Å². The molecule has 0 spiro atoms. The largest absolute Gasteiger partial charge is 0.480 e.